The number of benzene rings is 2. The summed E-state index contributed by atoms with van der Waals surface area (Å²) in [5.74, 6) is -0.727. The van der Waals surface area contributed by atoms with Crippen molar-refractivity contribution in [3.63, 3.8) is 0 Å². The Kier molecular flexibility index (Phi) is 4.47. The van der Waals surface area contributed by atoms with Gasteiger partial charge in [-0.3, -0.25) is 0 Å². The normalized spacial score (nSPS) is 11.5. The summed E-state index contributed by atoms with van der Waals surface area (Å²) in [6.07, 6.45) is -4.77. The van der Waals surface area contributed by atoms with Gasteiger partial charge in [-0.2, -0.15) is 0 Å². The molecular weight excluding hydrogens is 286 g/mol. The highest BCUT2D eigenvalue weighted by atomic mass is 19.4. The van der Waals surface area contributed by atoms with Gasteiger partial charge in [0, 0.05) is 17.7 Å². The fourth-order valence-electron chi connectivity index (χ4n) is 1.99. The summed E-state index contributed by atoms with van der Waals surface area (Å²) in [5.41, 5.74) is 1.09. The Hall–Kier alpha value is -2.08. The summed E-state index contributed by atoms with van der Waals surface area (Å²) >= 11 is 0. The number of para-hydroxylation sites is 1. The van der Waals surface area contributed by atoms with E-state index >= 15 is 0 Å². The van der Waals surface area contributed by atoms with E-state index in [4.69, 9.17) is 0 Å². The van der Waals surface area contributed by atoms with Crippen molar-refractivity contribution in [1.82, 2.24) is 5.32 Å². The molecule has 1 N–H and O–H groups in total. The van der Waals surface area contributed by atoms with Crippen LogP contribution in [0.3, 0.4) is 0 Å². The Balaban J connectivity index is 2.44. The number of hydrogen-bond acceptors (Lipinski definition) is 2. The average Bonchev–Trinajstić information content (AvgIpc) is 2.40. The highest BCUT2D eigenvalue weighted by molar-refractivity contribution is 5.71. The largest absolute Gasteiger partial charge is 0.573 e. The van der Waals surface area contributed by atoms with Gasteiger partial charge >= 0.3 is 6.36 Å². The Labute approximate surface area is 119 Å². The number of halogens is 4. The molecule has 2 nitrogen and oxygen atoms in total. The Morgan fingerprint density at radius 1 is 1.10 bits per heavy atom. The van der Waals surface area contributed by atoms with Crippen LogP contribution in [0.25, 0.3) is 11.1 Å². The molecule has 0 atom stereocenters. The third kappa shape index (κ3) is 3.95. The summed E-state index contributed by atoms with van der Waals surface area (Å²) in [4.78, 5) is 0. The van der Waals surface area contributed by atoms with Gasteiger partial charge in [0.2, 0.25) is 0 Å². The molecule has 0 radical (unpaired) electrons. The molecule has 0 spiro atoms. The van der Waals surface area contributed by atoms with Crippen LogP contribution in [0.5, 0.6) is 5.75 Å². The molecule has 112 valence electrons. The maximum Gasteiger partial charge on any atom is 0.573 e. The molecule has 0 aliphatic carbocycles. The lowest BCUT2D eigenvalue weighted by molar-refractivity contribution is -0.274. The first-order chi connectivity index (χ1) is 9.90. The van der Waals surface area contributed by atoms with E-state index in [-0.39, 0.29) is 17.9 Å². The summed E-state index contributed by atoms with van der Waals surface area (Å²) in [5, 5.41) is 2.81. The van der Waals surface area contributed by atoms with Crippen LogP contribution in [0, 0.1) is 5.82 Å². The molecule has 0 fully saturated rings. The Morgan fingerprint density at radius 2 is 1.81 bits per heavy atom. The first-order valence-electron chi connectivity index (χ1n) is 6.19. The predicted molar refractivity (Wildman–Crippen MR) is 71.3 cm³/mol. The van der Waals surface area contributed by atoms with Gasteiger partial charge in [-0.25, -0.2) is 4.39 Å². The van der Waals surface area contributed by atoms with E-state index in [0.29, 0.717) is 11.1 Å². The molecule has 0 aliphatic heterocycles. The molecule has 0 aliphatic rings. The molecule has 0 heterocycles. The lowest BCUT2D eigenvalue weighted by atomic mass is 10.0. The molecule has 21 heavy (non-hydrogen) atoms. The quantitative estimate of drug-likeness (QED) is 0.858. The Bertz CT molecular complexity index is 625. The van der Waals surface area contributed by atoms with Crippen LogP contribution in [0.2, 0.25) is 0 Å². The second-order valence-electron chi connectivity index (χ2n) is 4.38. The fraction of sp³-hybridized carbons (Fsp3) is 0.200. The molecule has 0 aromatic heterocycles. The Morgan fingerprint density at radius 3 is 2.48 bits per heavy atom. The summed E-state index contributed by atoms with van der Waals surface area (Å²) in [6, 6.07) is 9.92. The average molecular weight is 299 g/mol. The van der Waals surface area contributed by atoms with E-state index in [1.165, 1.54) is 36.4 Å². The van der Waals surface area contributed by atoms with Crippen molar-refractivity contribution in [2.24, 2.45) is 0 Å². The molecule has 0 unspecified atom stereocenters. The molecule has 2 rings (SSSR count). The number of rotatable bonds is 4. The van der Waals surface area contributed by atoms with E-state index in [9.17, 15) is 17.6 Å². The van der Waals surface area contributed by atoms with Gasteiger partial charge < -0.3 is 10.1 Å². The second kappa shape index (κ2) is 6.13. The summed E-state index contributed by atoms with van der Waals surface area (Å²) < 4.78 is 54.8. The molecule has 0 amide bonds. The highest BCUT2D eigenvalue weighted by Crippen LogP contribution is 2.34. The van der Waals surface area contributed by atoms with Crippen molar-refractivity contribution >= 4 is 0 Å². The molecule has 2 aromatic rings. The molecule has 0 saturated heterocycles. The second-order valence-corrected chi connectivity index (χ2v) is 4.38. The SMILES string of the molecule is CNCc1cc(-c2ccccc2OC(F)(F)F)ccc1F. The maximum absolute atomic E-state index is 13.6. The van der Waals surface area contributed by atoms with Crippen LogP contribution in [0.15, 0.2) is 42.5 Å². The first-order valence-corrected chi connectivity index (χ1v) is 6.19. The molecular formula is C15H13F4NO. The highest BCUT2D eigenvalue weighted by Gasteiger charge is 2.32. The topological polar surface area (TPSA) is 21.3 Å². The zero-order valence-corrected chi connectivity index (χ0v) is 11.2. The first kappa shape index (κ1) is 15.3. The van der Waals surface area contributed by atoms with Gasteiger partial charge in [0.1, 0.15) is 11.6 Å². The number of alkyl halides is 3. The van der Waals surface area contributed by atoms with E-state index in [1.807, 2.05) is 0 Å². The zero-order valence-electron chi connectivity index (χ0n) is 11.2. The zero-order chi connectivity index (χ0) is 15.5. The van der Waals surface area contributed by atoms with Crippen molar-refractivity contribution in [1.29, 1.82) is 0 Å². The van der Waals surface area contributed by atoms with Crippen molar-refractivity contribution in [2.45, 2.75) is 12.9 Å². The lowest BCUT2D eigenvalue weighted by Gasteiger charge is -2.14. The minimum absolute atomic E-state index is 0.257. The van der Waals surface area contributed by atoms with Gasteiger partial charge in [-0.1, -0.05) is 24.3 Å². The fourth-order valence-corrected chi connectivity index (χ4v) is 1.99. The molecule has 0 saturated carbocycles. The van der Waals surface area contributed by atoms with Gasteiger partial charge in [0.05, 0.1) is 0 Å². The number of hydrogen-bond donors (Lipinski definition) is 1. The lowest BCUT2D eigenvalue weighted by Crippen LogP contribution is -2.17. The summed E-state index contributed by atoms with van der Waals surface area (Å²) in [7, 11) is 1.66. The van der Waals surface area contributed by atoms with Crippen LogP contribution in [-0.4, -0.2) is 13.4 Å². The van der Waals surface area contributed by atoms with Crippen molar-refractivity contribution in [2.75, 3.05) is 7.05 Å². The van der Waals surface area contributed by atoms with E-state index in [0.717, 1.165) is 0 Å². The van der Waals surface area contributed by atoms with E-state index in [2.05, 4.69) is 10.1 Å². The maximum atomic E-state index is 13.6. The van der Waals surface area contributed by atoms with Crippen LogP contribution in [0.4, 0.5) is 17.6 Å². The van der Waals surface area contributed by atoms with E-state index in [1.54, 1.807) is 13.1 Å². The minimum atomic E-state index is -4.77. The third-order valence-electron chi connectivity index (χ3n) is 2.84. The smallest absolute Gasteiger partial charge is 0.405 e. The van der Waals surface area contributed by atoms with Crippen LogP contribution < -0.4 is 10.1 Å². The van der Waals surface area contributed by atoms with Gasteiger partial charge in [-0.15, -0.1) is 13.2 Å². The predicted octanol–water partition coefficient (Wildman–Crippen LogP) is 4.11. The van der Waals surface area contributed by atoms with Gasteiger partial charge in [-0.05, 0) is 30.8 Å². The molecule has 2 aromatic carbocycles. The van der Waals surface area contributed by atoms with E-state index < -0.39 is 12.2 Å². The minimum Gasteiger partial charge on any atom is -0.405 e. The van der Waals surface area contributed by atoms with Crippen LogP contribution in [0.1, 0.15) is 5.56 Å². The number of nitrogens with one attached hydrogen (secondary N) is 1. The summed E-state index contributed by atoms with van der Waals surface area (Å²) in [6.45, 7) is 0.280. The van der Waals surface area contributed by atoms with Crippen molar-refractivity contribution in [3.8, 4) is 16.9 Å². The van der Waals surface area contributed by atoms with Gasteiger partial charge in [0.15, 0.2) is 0 Å². The van der Waals surface area contributed by atoms with Crippen molar-refractivity contribution < 1.29 is 22.3 Å². The van der Waals surface area contributed by atoms with Gasteiger partial charge in [0.25, 0.3) is 0 Å². The van der Waals surface area contributed by atoms with Crippen molar-refractivity contribution in [3.05, 3.63) is 53.8 Å². The molecule has 6 heteroatoms. The molecule has 0 bridgehead atoms. The number of ether oxygens (including phenoxy) is 1. The monoisotopic (exact) mass is 299 g/mol. The van der Waals surface area contributed by atoms with Crippen LogP contribution >= 0.6 is 0 Å². The third-order valence-corrected chi connectivity index (χ3v) is 2.84. The standard InChI is InChI=1S/C15H13F4NO/c1-20-9-11-8-10(6-7-13(11)16)12-4-2-3-5-14(12)21-15(17,18)19/h2-8,20H,9H2,1H3. The van der Waals surface area contributed by atoms with Crippen LogP contribution in [-0.2, 0) is 6.54 Å².